The van der Waals surface area contributed by atoms with Crippen LogP contribution in [0.3, 0.4) is 0 Å². The Morgan fingerprint density at radius 3 is 2.83 bits per heavy atom. The van der Waals surface area contributed by atoms with Crippen molar-refractivity contribution < 1.29 is 5.11 Å². The van der Waals surface area contributed by atoms with Gasteiger partial charge in [0.15, 0.2) is 0 Å². The Morgan fingerprint density at radius 1 is 1.17 bits per heavy atom. The zero-order chi connectivity index (χ0) is 16.5. The summed E-state index contributed by atoms with van der Waals surface area (Å²) in [7, 11) is 0. The predicted octanol–water partition coefficient (Wildman–Crippen LogP) is 1.15. The van der Waals surface area contributed by atoms with E-state index in [1.54, 1.807) is 0 Å². The van der Waals surface area contributed by atoms with Crippen molar-refractivity contribution in [1.82, 2.24) is 20.9 Å². The molecule has 7 atom stereocenters. The average Bonchev–Trinajstić information content (AvgIpc) is 3.00. The molecule has 0 aromatic carbocycles. The molecule has 3 aliphatic heterocycles. The molecule has 1 aliphatic carbocycles. The van der Waals surface area contributed by atoms with Crippen molar-refractivity contribution in [2.45, 2.75) is 74.5 Å². The molecular formula is C18H34N4OS. The van der Waals surface area contributed by atoms with Crippen LogP contribution in [0.15, 0.2) is 0 Å². The number of hydrogen-bond donors (Lipinski definition) is 4. The predicted molar refractivity (Wildman–Crippen MR) is 99.8 cm³/mol. The third-order valence-corrected chi connectivity index (χ3v) is 8.02. The van der Waals surface area contributed by atoms with Gasteiger partial charge in [-0.3, -0.25) is 16.0 Å². The molecule has 7 unspecified atom stereocenters. The van der Waals surface area contributed by atoms with Crippen molar-refractivity contribution in [3.63, 3.8) is 0 Å². The molecule has 3 saturated heterocycles. The summed E-state index contributed by atoms with van der Waals surface area (Å²) in [6.07, 6.45) is 7.48. The molecule has 0 aromatic rings. The van der Waals surface area contributed by atoms with Crippen LogP contribution in [0, 0.1) is 11.8 Å². The highest BCUT2D eigenvalue weighted by Gasteiger charge is 2.48. The van der Waals surface area contributed by atoms with Crippen LogP contribution >= 0.6 is 11.8 Å². The van der Waals surface area contributed by atoms with Crippen LogP contribution < -0.4 is 16.0 Å². The first kappa shape index (κ1) is 17.6. The lowest BCUT2D eigenvalue weighted by Crippen LogP contribution is -2.60. The SMILES string of the molecule is CC1CC2C(CCC3SC(NCCN4CCCCC4)NC32)NC1O. The molecule has 0 bridgehead atoms. The van der Waals surface area contributed by atoms with E-state index in [2.05, 4.69) is 39.5 Å². The number of thioether (sulfide) groups is 1. The summed E-state index contributed by atoms with van der Waals surface area (Å²) >= 11 is 2.11. The topological polar surface area (TPSA) is 59.6 Å². The fourth-order valence-electron chi connectivity index (χ4n) is 5.14. The highest BCUT2D eigenvalue weighted by atomic mass is 32.2. The Labute approximate surface area is 150 Å². The van der Waals surface area contributed by atoms with E-state index in [0.29, 0.717) is 29.4 Å². The zero-order valence-corrected chi connectivity index (χ0v) is 15.7. The number of aliphatic hydroxyl groups is 1. The summed E-state index contributed by atoms with van der Waals surface area (Å²) in [4.78, 5) is 2.60. The molecule has 0 spiro atoms. The lowest BCUT2D eigenvalue weighted by molar-refractivity contribution is -0.00657. The van der Waals surface area contributed by atoms with Gasteiger partial charge in [-0.05, 0) is 57.0 Å². The maximum atomic E-state index is 10.1. The maximum absolute atomic E-state index is 10.1. The van der Waals surface area contributed by atoms with Crippen LogP contribution in [0.2, 0.25) is 0 Å². The quantitative estimate of drug-likeness (QED) is 0.608. The number of aliphatic hydroxyl groups excluding tert-OH is 1. The average molecular weight is 355 g/mol. The minimum Gasteiger partial charge on any atom is -0.378 e. The highest BCUT2D eigenvalue weighted by molar-refractivity contribution is 8.00. The fraction of sp³-hybridized carbons (Fsp3) is 1.00. The van der Waals surface area contributed by atoms with Crippen LogP contribution in [0.4, 0.5) is 0 Å². The molecule has 0 radical (unpaired) electrons. The molecule has 5 nitrogen and oxygen atoms in total. The lowest BCUT2D eigenvalue weighted by atomic mass is 9.72. The van der Waals surface area contributed by atoms with E-state index in [4.69, 9.17) is 0 Å². The Kier molecular flexibility index (Phi) is 5.71. The van der Waals surface area contributed by atoms with Gasteiger partial charge in [-0.1, -0.05) is 13.3 Å². The number of hydrogen-bond acceptors (Lipinski definition) is 6. The molecule has 4 fully saturated rings. The van der Waals surface area contributed by atoms with E-state index >= 15 is 0 Å². The molecule has 24 heavy (non-hydrogen) atoms. The molecule has 0 amide bonds. The van der Waals surface area contributed by atoms with Gasteiger partial charge in [0.2, 0.25) is 0 Å². The molecule has 4 aliphatic rings. The second-order valence-corrected chi connectivity index (χ2v) is 9.62. The molecule has 4 rings (SSSR count). The largest absolute Gasteiger partial charge is 0.378 e. The fourth-order valence-corrected chi connectivity index (χ4v) is 6.66. The summed E-state index contributed by atoms with van der Waals surface area (Å²) < 4.78 is 0. The number of rotatable bonds is 4. The summed E-state index contributed by atoms with van der Waals surface area (Å²) in [5.41, 5.74) is 0.408. The van der Waals surface area contributed by atoms with E-state index in [0.717, 1.165) is 18.2 Å². The van der Waals surface area contributed by atoms with Crippen molar-refractivity contribution in [1.29, 1.82) is 0 Å². The molecular weight excluding hydrogens is 320 g/mol. The van der Waals surface area contributed by atoms with E-state index in [1.807, 2.05) is 0 Å². The van der Waals surface area contributed by atoms with Crippen LogP contribution in [-0.2, 0) is 0 Å². The van der Waals surface area contributed by atoms with Gasteiger partial charge < -0.3 is 10.0 Å². The van der Waals surface area contributed by atoms with Crippen molar-refractivity contribution >= 4 is 11.8 Å². The van der Waals surface area contributed by atoms with Gasteiger partial charge in [-0.15, -0.1) is 11.8 Å². The molecule has 4 N–H and O–H groups in total. The van der Waals surface area contributed by atoms with E-state index < -0.39 is 0 Å². The number of piperidine rings is 2. The van der Waals surface area contributed by atoms with Crippen LogP contribution in [-0.4, -0.2) is 65.2 Å². The third kappa shape index (κ3) is 3.79. The lowest BCUT2D eigenvalue weighted by Gasteiger charge is -2.46. The van der Waals surface area contributed by atoms with Crippen molar-refractivity contribution in [3.05, 3.63) is 0 Å². The monoisotopic (exact) mass is 354 g/mol. The first-order valence-corrected chi connectivity index (χ1v) is 11.0. The van der Waals surface area contributed by atoms with Crippen LogP contribution in [0.1, 0.15) is 45.4 Å². The van der Waals surface area contributed by atoms with Gasteiger partial charge in [0.25, 0.3) is 0 Å². The van der Waals surface area contributed by atoms with Crippen molar-refractivity contribution in [3.8, 4) is 0 Å². The number of fused-ring (bicyclic) bond motifs is 3. The molecule has 138 valence electrons. The second kappa shape index (κ2) is 7.80. The third-order valence-electron chi connectivity index (χ3n) is 6.57. The van der Waals surface area contributed by atoms with Gasteiger partial charge in [-0.2, -0.15) is 0 Å². The minimum atomic E-state index is -0.310. The first-order valence-electron chi connectivity index (χ1n) is 10.0. The molecule has 6 heteroatoms. The summed E-state index contributed by atoms with van der Waals surface area (Å²) in [6, 6.07) is 1.10. The van der Waals surface area contributed by atoms with Crippen LogP contribution in [0.5, 0.6) is 0 Å². The van der Waals surface area contributed by atoms with Crippen molar-refractivity contribution in [2.24, 2.45) is 11.8 Å². The van der Waals surface area contributed by atoms with Gasteiger partial charge in [0.05, 0.1) is 0 Å². The van der Waals surface area contributed by atoms with Crippen molar-refractivity contribution in [2.75, 3.05) is 26.2 Å². The normalized spacial score (nSPS) is 46.5. The molecule has 0 aromatic heterocycles. The van der Waals surface area contributed by atoms with Gasteiger partial charge in [0.1, 0.15) is 11.7 Å². The Morgan fingerprint density at radius 2 is 2.00 bits per heavy atom. The van der Waals surface area contributed by atoms with E-state index in [1.165, 1.54) is 51.7 Å². The van der Waals surface area contributed by atoms with Gasteiger partial charge in [0, 0.05) is 30.4 Å². The Balaban J connectivity index is 1.26. The highest BCUT2D eigenvalue weighted by Crippen LogP contribution is 2.43. The molecule has 1 saturated carbocycles. The maximum Gasteiger partial charge on any atom is 0.107 e. The van der Waals surface area contributed by atoms with E-state index in [9.17, 15) is 5.11 Å². The summed E-state index contributed by atoms with van der Waals surface area (Å²) in [5, 5.41) is 21.9. The second-order valence-electron chi connectivity index (χ2n) is 8.28. The number of nitrogens with zero attached hydrogens (tertiary/aromatic N) is 1. The first-order chi connectivity index (χ1) is 11.7. The zero-order valence-electron chi connectivity index (χ0n) is 14.9. The van der Waals surface area contributed by atoms with Gasteiger partial charge >= 0.3 is 0 Å². The minimum absolute atomic E-state index is 0.310. The standard InChI is InChI=1S/C18H34N4OS/c1-12-11-13-14(20-17(12)23)5-6-15-16(13)21-18(24-15)19-7-10-22-8-3-2-4-9-22/h12-21,23H,2-11H2,1H3. The number of nitrogens with one attached hydrogen (secondary N) is 3. The molecule has 3 heterocycles. The number of likely N-dealkylation sites (tertiary alicyclic amines) is 1. The smallest absolute Gasteiger partial charge is 0.107 e. The summed E-state index contributed by atoms with van der Waals surface area (Å²) in [6.45, 7) is 7.02. The van der Waals surface area contributed by atoms with Gasteiger partial charge in [-0.25, -0.2) is 0 Å². The Bertz CT molecular complexity index is 420. The Hall–Kier alpha value is 0.150. The van der Waals surface area contributed by atoms with E-state index in [-0.39, 0.29) is 6.23 Å². The van der Waals surface area contributed by atoms with Crippen LogP contribution in [0.25, 0.3) is 0 Å². The summed E-state index contributed by atoms with van der Waals surface area (Å²) in [5.74, 6) is 1.03.